The molecular formula is C52H32N4S. The van der Waals surface area contributed by atoms with Crippen molar-refractivity contribution in [2.45, 2.75) is 6.29 Å². The minimum Gasteiger partial charge on any atom is -0.345 e. The van der Waals surface area contributed by atoms with E-state index in [1.54, 1.807) is 0 Å². The van der Waals surface area contributed by atoms with Crippen molar-refractivity contribution in [3.05, 3.63) is 193 Å². The molecule has 3 aromatic heterocycles. The Morgan fingerprint density at radius 3 is 2.02 bits per heavy atom. The SMILES string of the molecule is c1ccc(-n2c3ccccc3c3cc(C4=NC(n5c6ccccc6c6cc7ccc8c9ccccc9sc8c7cc65)Nc5c4ccc4ccccc54)ccc32)cc1. The zero-order valence-electron chi connectivity index (χ0n) is 30.6. The highest BCUT2D eigenvalue weighted by molar-refractivity contribution is 7.26. The van der Waals surface area contributed by atoms with Gasteiger partial charge in [0.2, 0.25) is 6.29 Å². The van der Waals surface area contributed by atoms with Crippen LogP contribution < -0.4 is 5.32 Å². The van der Waals surface area contributed by atoms with Crippen molar-refractivity contribution in [1.82, 2.24) is 9.13 Å². The van der Waals surface area contributed by atoms with Gasteiger partial charge in [0.15, 0.2) is 0 Å². The van der Waals surface area contributed by atoms with E-state index in [0.29, 0.717) is 0 Å². The number of fused-ring (bicyclic) bond motifs is 14. The molecule has 0 radical (unpaired) electrons. The summed E-state index contributed by atoms with van der Waals surface area (Å²) in [5, 5.41) is 16.4. The molecule has 0 saturated heterocycles. The molecule has 0 spiro atoms. The van der Waals surface area contributed by atoms with Crippen molar-refractivity contribution >= 4 is 108 Å². The van der Waals surface area contributed by atoms with Crippen LogP contribution in [-0.2, 0) is 0 Å². The van der Waals surface area contributed by atoms with Gasteiger partial charge in [0.25, 0.3) is 0 Å². The molecule has 1 aliphatic heterocycles. The Bertz CT molecular complexity index is 3680. The lowest BCUT2D eigenvalue weighted by molar-refractivity contribution is 0.626. The summed E-state index contributed by atoms with van der Waals surface area (Å²) in [6.45, 7) is 0. The van der Waals surface area contributed by atoms with Crippen LogP contribution in [0.5, 0.6) is 0 Å². The van der Waals surface area contributed by atoms with Crippen LogP contribution in [0, 0.1) is 0 Å². The van der Waals surface area contributed by atoms with E-state index in [2.05, 4.69) is 196 Å². The molecular weight excluding hydrogens is 713 g/mol. The lowest BCUT2D eigenvalue weighted by Crippen LogP contribution is -2.25. The van der Waals surface area contributed by atoms with Crippen molar-refractivity contribution < 1.29 is 0 Å². The number of rotatable bonds is 3. The molecule has 0 fully saturated rings. The number of anilines is 1. The van der Waals surface area contributed by atoms with Crippen LogP contribution in [0.3, 0.4) is 0 Å². The van der Waals surface area contributed by atoms with Crippen LogP contribution in [-0.4, -0.2) is 14.8 Å². The molecule has 57 heavy (non-hydrogen) atoms. The van der Waals surface area contributed by atoms with Crippen LogP contribution in [0.1, 0.15) is 17.4 Å². The first-order chi connectivity index (χ1) is 28.3. The summed E-state index contributed by atoms with van der Waals surface area (Å²) in [6, 6.07) is 66.4. The minimum absolute atomic E-state index is 0.402. The predicted molar refractivity (Wildman–Crippen MR) is 243 cm³/mol. The first-order valence-electron chi connectivity index (χ1n) is 19.5. The molecule has 1 N–H and O–H groups in total. The van der Waals surface area contributed by atoms with E-state index in [4.69, 9.17) is 4.99 Å². The fourth-order valence-corrected chi connectivity index (χ4v) is 10.8. The average molecular weight is 745 g/mol. The van der Waals surface area contributed by atoms with Gasteiger partial charge in [-0.05, 0) is 65.4 Å². The summed E-state index contributed by atoms with van der Waals surface area (Å²) in [4.78, 5) is 5.74. The quantitative estimate of drug-likeness (QED) is 0.192. The summed E-state index contributed by atoms with van der Waals surface area (Å²) >= 11 is 1.89. The summed E-state index contributed by atoms with van der Waals surface area (Å²) in [6.07, 6.45) is -0.402. The third-order valence-corrected chi connectivity index (χ3v) is 13.3. The number of hydrogen-bond acceptors (Lipinski definition) is 3. The first kappa shape index (κ1) is 31.0. The fourth-order valence-electron chi connectivity index (χ4n) is 9.57. The molecule has 5 heteroatoms. The Kier molecular flexibility index (Phi) is 6.35. The van der Waals surface area contributed by atoms with Crippen LogP contribution in [0.25, 0.3) is 91.0 Å². The van der Waals surface area contributed by atoms with Gasteiger partial charge in [0.05, 0.1) is 33.5 Å². The molecule has 1 aliphatic rings. The Morgan fingerprint density at radius 2 is 1.14 bits per heavy atom. The highest BCUT2D eigenvalue weighted by atomic mass is 32.1. The van der Waals surface area contributed by atoms with Crippen LogP contribution in [0.15, 0.2) is 187 Å². The Morgan fingerprint density at radius 1 is 0.456 bits per heavy atom. The van der Waals surface area contributed by atoms with Gasteiger partial charge in [0, 0.05) is 69.3 Å². The molecule has 4 heterocycles. The van der Waals surface area contributed by atoms with Gasteiger partial charge in [-0.25, -0.2) is 4.99 Å². The van der Waals surface area contributed by atoms with Gasteiger partial charge < -0.3 is 14.5 Å². The fraction of sp³-hybridized carbons (Fsp3) is 0.0192. The molecule has 1 atom stereocenters. The number of thiophene rings is 1. The van der Waals surface area contributed by atoms with Crippen molar-refractivity contribution in [1.29, 1.82) is 0 Å². The zero-order chi connectivity index (χ0) is 37.2. The van der Waals surface area contributed by atoms with Crippen molar-refractivity contribution in [2.75, 3.05) is 5.32 Å². The summed E-state index contributed by atoms with van der Waals surface area (Å²) in [5.41, 5.74) is 10.1. The van der Waals surface area contributed by atoms with E-state index >= 15 is 0 Å². The second kappa shape index (κ2) is 11.7. The van der Waals surface area contributed by atoms with Crippen molar-refractivity contribution in [2.24, 2.45) is 4.99 Å². The van der Waals surface area contributed by atoms with E-state index in [1.165, 1.54) is 79.8 Å². The number of aromatic nitrogens is 2. The number of aliphatic imine (C=N–C) groups is 1. The second-order valence-corrected chi connectivity index (χ2v) is 16.2. The number of nitrogens with zero attached hydrogens (tertiary/aromatic N) is 3. The van der Waals surface area contributed by atoms with Crippen LogP contribution in [0.2, 0.25) is 0 Å². The Balaban J connectivity index is 1.09. The lowest BCUT2D eigenvalue weighted by atomic mass is 9.94. The molecule has 0 amide bonds. The third-order valence-electron chi connectivity index (χ3n) is 12.1. The highest BCUT2D eigenvalue weighted by Crippen LogP contribution is 2.44. The van der Waals surface area contributed by atoms with E-state index in [0.717, 1.165) is 33.7 Å². The van der Waals surface area contributed by atoms with Gasteiger partial charge in [-0.1, -0.05) is 127 Å². The Hall–Kier alpha value is -7.21. The molecule has 4 nitrogen and oxygen atoms in total. The van der Waals surface area contributed by atoms with E-state index < -0.39 is 6.29 Å². The van der Waals surface area contributed by atoms with Gasteiger partial charge in [0.1, 0.15) is 0 Å². The van der Waals surface area contributed by atoms with Crippen molar-refractivity contribution in [3.8, 4) is 5.69 Å². The molecule has 12 aromatic rings. The maximum absolute atomic E-state index is 5.74. The van der Waals surface area contributed by atoms with Crippen LogP contribution >= 0.6 is 11.3 Å². The molecule has 0 aliphatic carbocycles. The summed E-state index contributed by atoms with van der Waals surface area (Å²) < 4.78 is 7.45. The van der Waals surface area contributed by atoms with E-state index in [1.807, 2.05) is 11.3 Å². The van der Waals surface area contributed by atoms with Gasteiger partial charge in [-0.2, -0.15) is 0 Å². The van der Waals surface area contributed by atoms with Crippen molar-refractivity contribution in [3.63, 3.8) is 0 Å². The smallest absolute Gasteiger partial charge is 0.201 e. The number of hydrogen-bond donors (Lipinski definition) is 1. The minimum atomic E-state index is -0.402. The first-order valence-corrected chi connectivity index (χ1v) is 20.3. The Labute approximate surface area is 331 Å². The third kappa shape index (κ3) is 4.40. The predicted octanol–water partition coefficient (Wildman–Crippen LogP) is 14.0. The summed E-state index contributed by atoms with van der Waals surface area (Å²) in [5.74, 6) is 0. The zero-order valence-corrected chi connectivity index (χ0v) is 31.5. The lowest BCUT2D eigenvalue weighted by Gasteiger charge is -2.29. The average Bonchev–Trinajstić information content (AvgIpc) is 3.93. The monoisotopic (exact) mass is 744 g/mol. The number of nitrogens with one attached hydrogen (secondary N) is 1. The van der Waals surface area contributed by atoms with Gasteiger partial charge >= 0.3 is 0 Å². The maximum Gasteiger partial charge on any atom is 0.201 e. The molecule has 9 aromatic carbocycles. The van der Waals surface area contributed by atoms with Gasteiger partial charge in [-0.15, -0.1) is 11.3 Å². The highest BCUT2D eigenvalue weighted by Gasteiger charge is 2.28. The maximum atomic E-state index is 5.74. The number of para-hydroxylation sites is 3. The molecule has 13 rings (SSSR count). The summed E-state index contributed by atoms with van der Waals surface area (Å²) in [7, 11) is 0. The molecule has 0 saturated carbocycles. The standard InChI is InChI=1S/C52H32N4S/c1-2-13-34(14-3-1)55-44-19-9-6-16-36(44)42-29-33(24-27-46(42)55)49-40-26-22-31-12-4-5-15-35(31)50(40)54-52(53-49)56-45-20-10-7-17-37(45)43-28-32-23-25-39-38-18-8-11-21-48(38)57-51(39)41(32)30-47(43)56/h1-30,52,54H. The molecule has 1 unspecified atom stereocenters. The van der Waals surface area contributed by atoms with E-state index in [9.17, 15) is 0 Å². The molecule has 266 valence electrons. The topological polar surface area (TPSA) is 34.2 Å². The van der Waals surface area contributed by atoms with Gasteiger partial charge in [-0.3, -0.25) is 0 Å². The second-order valence-electron chi connectivity index (χ2n) is 15.1. The van der Waals surface area contributed by atoms with E-state index in [-0.39, 0.29) is 0 Å². The van der Waals surface area contributed by atoms with Crippen LogP contribution in [0.4, 0.5) is 5.69 Å². The molecule has 0 bridgehead atoms. The number of benzene rings is 9. The largest absolute Gasteiger partial charge is 0.345 e. The normalized spacial score (nSPS) is 14.4.